The molecule has 4 rings (SSSR count). The Morgan fingerprint density at radius 1 is 1.21 bits per heavy atom. The minimum absolute atomic E-state index is 0.101. The number of hydrogen-bond donors (Lipinski definition) is 4. The van der Waals surface area contributed by atoms with Crippen LogP contribution in [0.4, 0.5) is 4.39 Å². The highest BCUT2D eigenvalue weighted by Crippen LogP contribution is 2.34. The number of halogens is 2. The van der Waals surface area contributed by atoms with Gasteiger partial charge in [0.25, 0.3) is 0 Å². The standard InChI is InChI=1S/C24H30ClFN4O4/c1-34-24(33)20(10-14-3-2-6-27-22(14)31)30-23(32)19(7-13-4-5-13)28-12-17-9-15-8-16(26)11-18(25)21(15)29-17/h8-9,11,13-14,19-20,28-29H,2-7,10,12H2,1H3,(H,27,31)(H,30,32)/t14-,19-,20-/m0/s1. The number of benzene rings is 1. The highest BCUT2D eigenvalue weighted by Gasteiger charge is 2.34. The van der Waals surface area contributed by atoms with E-state index in [9.17, 15) is 18.8 Å². The average molecular weight is 493 g/mol. The molecule has 3 atom stereocenters. The number of aromatic nitrogens is 1. The number of aromatic amines is 1. The topological polar surface area (TPSA) is 112 Å². The average Bonchev–Trinajstić information content (AvgIpc) is 3.53. The first-order chi connectivity index (χ1) is 16.3. The summed E-state index contributed by atoms with van der Waals surface area (Å²) >= 11 is 6.13. The highest BCUT2D eigenvalue weighted by molar-refractivity contribution is 6.35. The van der Waals surface area contributed by atoms with Crippen LogP contribution in [0.1, 0.15) is 44.2 Å². The number of H-pyrrole nitrogens is 1. The van der Waals surface area contributed by atoms with Crippen molar-refractivity contribution in [2.75, 3.05) is 13.7 Å². The van der Waals surface area contributed by atoms with Crippen LogP contribution in [0.3, 0.4) is 0 Å². The molecule has 2 fully saturated rings. The fourth-order valence-electron chi connectivity index (χ4n) is 4.50. The van der Waals surface area contributed by atoms with Crippen LogP contribution in [0.2, 0.25) is 5.02 Å². The first-order valence-corrected chi connectivity index (χ1v) is 12.1. The SMILES string of the molecule is COC(=O)[C@H](C[C@@H]1CCCNC1=O)NC(=O)[C@H](CC1CC1)NCc1cc2cc(F)cc(Cl)c2[nH]1. The van der Waals surface area contributed by atoms with E-state index in [4.69, 9.17) is 16.3 Å². The quantitative estimate of drug-likeness (QED) is 0.381. The molecule has 2 aliphatic rings. The van der Waals surface area contributed by atoms with Gasteiger partial charge in [-0.3, -0.25) is 9.59 Å². The fraction of sp³-hybridized carbons (Fsp3) is 0.542. The maximum Gasteiger partial charge on any atom is 0.328 e. The van der Waals surface area contributed by atoms with Gasteiger partial charge in [-0.15, -0.1) is 0 Å². The van der Waals surface area contributed by atoms with E-state index < -0.39 is 23.9 Å². The summed E-state index contributed by atoms with van der Waals surface area (Å²) in [4.78, 5) is 40.9. The molecule has 1 aliphatic heterocycles. The zero-order chi connectivity index (χ0) is 24.2. The molecule has 1 saturated carbocycles. The van der Waals surface area contributed by atoms with Crippen molar-refractivity contribution in [3.8, 4) is 0 Å². The number of piperidine rings is 1. The Kier molecular flexibility index (Phi) is 7.73. The first kappa shape index (κ1) is 24.5. The van der Waals surface area contributed by atoms with Gasteiger partial charge in [0.15, 0.2) is 0 Å². The van der Waals surface area contributed by atoms with Crippen LogP contribution in [-0.2, 0) is 25.7 Å². The van der Waals surface area contributed by atoms with E-state index in [-0.39, 0.29) is 24.2 Å². The molecule has 10 heteroatoms. The molecule has 8 nitrogen and oxygen atoms in total. The van der Waals surface area contributed by atoms with E-state index in [1.807, 2.05) is 0 Å². The number of esters is 1. The zero-order valence-corrected chi connectivity index (χ0v) is 19.8. The van der Waals surface area contributed by atoms with E-state index in [0.717, 1.165) is 25.0 Å². The minimum atomic E-state index is -0.898. The molecule has 1 aromatic heterocycles. The van der Waals surface area contributed by atoms with Gasteiger partial charge >= 0.3 is 5.97 Å². The molecule has 34 heavy (non-hydrogen) atoms. The molecule has 1 aliphatic carbocycles. The van der Waals surface area contributed by atoms with Crippen molar-refractivity contribution in [2.24, 2.45) is 11.8 Å². The third-order valence-corrected chi connectivity index (χ3v) is 6.84. The number of nitrogens with one attached hydrogen (secondary N) is 4. The Morgan fingerprint density at radius 2 is 2.00 bits per heavy atom. The summed E-state index contributed by atoms with van der Waals surface area (Å²) in [6.45, 7) is 0.967. The Morgan fingerprint density at radius 3 is 2.71 bits per heavy atom. The van der Waals surface area contributed by atoms with E-state index in [0.29, 0.717) is 47.8 Å². The normalized spacial score (nSPS) is 20.0. The second-order valence-corrected chi connectivity index (χ2v) is 9.62. The lowest BCUT2D eigenvalue weighted by Crippen LogP contribution is -2.52. The van der Waals surface area contributed by atoms with Crippen LogP contribution >= 0.6 is 11.6 Å². The number of ether oxygens (including phenoxy) is 1. The van der Waals surface area contributed by atoms with E-state index in [1.165, 1.54) is 19.2 Å². The maximum absolute atomic E-state index is 13.7. The number of methoxy groups -OCH3 is 1. The molecule has 0 spiro atoms. The van der Waals surface area contributed by atoms with Crippen molar-refractivity contribution in [3.63, 3.8) is 0 Å². The number of carbonyl (C=O) groups is 3. The Bertz CT molecular complexity index is 1070. The summed E-state index contributed by atoms with van der Waals surface area (Å²) in [5.41, 5.74) is 1.40. The van der Waals surface area contributed by atoms with Crippen LogP contribution in [0.5, 0.6) is 0 Å². The molecule has 1 aromatic carbocycles. The molecule has 0 radical (unpaired) electrons. The van der Waals surface area contributed by atoms with E-state index in [1.54, 1.807) is 6.07 Å². The monoisotopic (exact) mass is 492 g/mol. The smallest absolute Gasteiger partial charge is 0.328 e. The van der Waals surface area contributed by atoms with Crippen molar-refractivity contribution < 1.29 is 23.5 Å². The number of hydrogen-bond acceptors (Lipinski definition) is 5. The van der Waals surface area contributed by atoms with Crippen LogP contribution < -0.4 is 16.0 Å². The van der Waals surface area contributed by atoms with Gasteiger partial charge in [-0.25, -0.2) is 9.18 Å². The lowest BCUT2D eigenvalue weighted by atomic mass is 9.91. The minimum Gasteiger partial charge on any atom is -0.467 e. The number of carbonyl (C=O) groups excluding carboxylic acids is 3. The van der Waals surface area contributed by atoms with Crippen LogP contribution in [0.15, 0.2) is 18.2 Å². The summed E-state index contributed by atoms with van der Waals surface area (Å²) in [5, 5.41) is 9.83. The van der Waals surface area contributed by atoms with Gasteiger partial charge in [0, 0.05) is 30.1 Å². The molecule has 0 bridgehead atoms. The second kappa shape index (κ2) is 10.7. The molecular formula is C24H30ClFN4O4. The summed E-state index contributed by atoms with van der Waals surface area (Å²) in [7, 11) is 1.27. The lowest BCUT2D eigenvalue weighted by molar-refractivity contribution is -0.146. The Balaban J connectivity index is 1.43. The largest absolute Gasteiger partial charge is 0.467 e. The van der Waals surface area contributed by atoms with Gasteiger partial charge in [0.05, 0.1) is 23.7 Å². The van der Waals surface area contributed by atoms with Crippen molar-refractivity contribution >= 4 is 40.3 Å². The van der Waals surface area contributed by atoms with Gasteiger partial charge < -0.3 is 25.7 Å². The zero-order valence-electron chi connectivity index (χ0n) is 19.1. The number of fused-ring (bicyclic) bond motifs is 1. The number of rotatable bonds is 10. The lowest BCUT2D eigenvalue weighted by Gasteiger charge is -2.27. The summed E-state index contributed by atoms with van der Waals surface area (Å²) in [6.07, 6.45) is 4.47. The third-order valence-electron chi connectivity index (χ3n) is 6.54. The van der Waals surface area contributed by atoms with Crippen molar-refractivity contribution in [2.45, 2.75) is 57.2 Å². The van der Waals surface area contributed by atoms with Gasteiger partial charge in [-0.1, -0.05) is 24.4 Å². The van der Waals surface area contributed by atoms with Gasteiger partial charge in [-0.05, 0) is 49.8 Å². The van der Waals surface area contributed by atoms with Gasteiger partial charge in [0.2, 0.25) is 11.8 Å². The van der Waals surface area contributed by atoms with Crippen LogP contribution in [-0.4, -0.2) is 48.5 Å². The summed E-state index contributed by atoms with van der Waals surface area (Å²) < 4.78 is 18.5. The predicted molar refractivity (Wildman–Crippen MR) is 126 cm³/mol. The fourth-order valence-corrected chi connectivity index (χ4v) is 4.76. The van der Waals surface area contributed by atoms with E-state index in [2.05, 4.69) is 20.9 Å². The van der Waals surface area contributed by atoms with Crippen molar-refractivity contribution in [3.05, 3.63) is 34.7 Å². The molecule has 0 unspecified atom stereocenters. The van der Waals surface area contributed by atoms with Crippen LogP contribution in [0.25, 0.3) is 10.9 Å². The van der Waals surface area contributed by atoms with Gasteiger partial charge in [0.1, 0.15) is 11.9 Å². The molecule has 1 saturated heterocycles. The second-order valence-electron chi connectivity index (χ2n) is 9.21. The summed E-state index contributed by atoms with van der Waals surface area (Å²) in [5.74, 6) is -1.28. The summed E-state index contributed by atoms with van der Waals surface area (Å²) in [6, 6.07) is 3.02. The van der Waals surface area contributed by atoms with Crippen molar-refractivity contribution in [1.29, 1.82) is 0 Å². The van der Waals surface area contributed by atoms with Gasteiger partial charge in [-0.2, -0.15) is 0 Å². The van der Waals surface area contributed by atoms with Crippen molar-refractivity contribution in [1.82, 2.24) is 20.9 Å². The molecule has 184 valence electrons. The first-order valence-electron chi connectivity index (χ1n) is 11.7. The Labute approximate surface area is 202 Å². The molecule has 2 aromatic rings. The molecular weight excluding hydrogens is 463 g/mol. The predicted octanol–water partition coefficient (Wildman–Crippen LogP) is 2.79. The number of amides is 2. The van der Waals surface area contributed by atoms with E-state index >= 15 is 0 Å². The maximum atomic E-state index is 13.7. The highest BCUT2D eigenvalue weighted by atomic mass is 35.5. The molecule has 2 amide bonds. The molecule has 4 N–H and O–H groups in total. The molecule has 2 heterocycles. The Hall–Kier alpha value is -2.65. The van der Waals surface area contributed by atoms with Crippen LogP contribution in [0, 0.1) is 17.7 Å². The third kappa shape index (κ3) is 6.07.